The highest BCUT2D eigenvalue weighted by molar-refractivity contribution is 5.76. The number of imidazole rings is 1. The van der Waals surface area contributed by atoms with Gasteiger partial charge >= 0.3 is 0 Å². The predicted molar refractivity (Wildman–Crippen MR) is 109 cm³/mol. The van der Waals surface area contributed by atoms with E-state index in [4.69, 9.17) is 4.74 Å². The largest absolute Gasteiger partial charge is 0.381 e. The highest BCUT2D eigenvalue weighted by Crippen LogP contribution is 2.27. The fourth-order valence-corrected chi connectivity index (χ4v) is 3.99. The molecule has 2 aromatic carbocycles. The van der Waals surface area contributed by atoms with Gasteiger partial charge in [-0.15, -0.1) is 0 Å². The smallest absolute Gasteiger partial charge is 0.277 e. The lowest BCUT2D eigenvalue weighted by Crippen LogP contribution is -2.23. The van der Waals surface area contributed by atoms with Crippen LogP contribution in [-0.2, 0) is 11.2 Å². The number of aromatic amines is 2. The number of rotatable bonds is 4. The molecule has 0 radical (unpaired) electrons. The summed E-state index contributed by atoms with van der Waals surface area (Å²) in [5.41, 5.74) is 2.71. The maximum atomic E-state index is 13.9. The summed E-state index contributed by atoms with van der Waals surface area (Å²) in [6.45, 7) is 1.32. The molecule has 30 heavy (non-hydrogen) atoms. The van der Waals surface area contributed by atoms with Gasteiger partial charge in [0, 0.05) is 24.3 Å². The van der Waals surface area contributed by atoms with Gasteiger partial charge in [-0.25, -0.2) is 13.8 Å². The van der Waals surface area contributed by atoms with E-state index < -0.39 is 11.6 Å². The number of para-hydroxylation sites is 2. The molecule has 8 heteroatoms. The second-order valence-corrected chi connectivity index (χ2v) is 7.57. The molecule has 2 N–H and O–H groups in total. The second-order valence-electron chi connectivity index (χ2n) is 7.57. The van der Waals surface area contributed by atoms with Crippen molar-refractivity contribution in [1.29, 1.82) is 0 Å². The molecule has 0 amide bonds. The number of nitrogens with one attached hydrogen (secondary N) is 2. The van der Waals surface area contributed by atoms with Crippen molar-refractivity contribution < 1.29 is 13.5 Å². The maximum Gasteiger partial charge on any atom is 0.277 e. The molecule has 0 spiro atoms. The number of H-pyrrole nitrogens is 2. The molecule has 0 atom stereocenters. The monoisotopic (exact) mass is 410 g/mol. The van der Waals surface area contributed by atoms with Gasteiger partial charge in [0.15, 0.2) is 11.6 Å². The van der Waals surface area contributed by atoms with E-state index in [1.807, 2.05) is 24.3 Å². The molecule has 0 bridgehead atoms. The lowest BCUT2D eigenvalue weighted by atomic mass is 9.91. The van der Waals surface area contributed by atoms with E-state index in [1.165, 1.54) is 10.7 Å². The number of ether oxygens (including phenoxy) is 1. The highest BCUT2D eigenvalue weighted by Gasteiger charge is 2.24. The molecule has 1 saturated heterocycles. The Balaban J connectivity index is 1.64. The molecule has 1 aliphatic rings. The van der Waals surface area contributed by atoms with E-state index >= 15 is 0 Å². The van der Waals surface area contributed by atoms with Crippen molar-refractivity contribution in [3.63, 3.8) is 0 Å². The summed E-state index contributed by atoms with van der Waals surface area (Å²) in [5, 5.41) is 3.07. The summed E-state index contributed by atoms with van der Waals surface area (Å²) < 4.78 is 34.2. The second kappa shape index (κ2) is 7.53. The molecule has 154 valence electrons. The first-order valence-electron chi connectivity index (χ1n) is 9.92. The van der Waals surface area contributed by atoms with Gasteiger partial charge in [-0.1, -0.05) is 12.1 Å². The Labute approximate surface area is 170 Å². The van der Waals surface area contributed by atoms with Crippen LogP contribution in [0, 0.1) is 17.6 Å². The first kappa shape index (κ1) is 18.7. The standard InChI is InChI=1S/C22H20F2N4O2/c23-16-6-5-14(12-17(16)24)20-15(11-13-7-9-30-10-8-13)21(29)28(27-20)22-25-18-3-1-2-4-19(18)26-22/h1-6,12-13,27H,7-11H2,(H,25,26). The summed E-state index contributed by atoms with van der Waals surface area (Å²) in [7, 11) is 0. The minimum atomic E-state index is -0.957. The quantitative estimate of drug-likeness (QED) is 0.535. The van der Waals surface area contributed by atoms with Crippen LogP contribution in [0.4, 0.5) is 8.78 Å². The number of fused-ring (bicyclic) bond motifs is 1. The van der Waals surface area contributed by atoms with Crippen LogP contribution in [0.5, 0.6) is 0 Å². The third kappa shape index (κ3) is 3.33. The summed E-state index contributed by atoms with van der Waals surface area (Å²) in [5.74, 6) is -1.25. The number of aromatic nitrogens is 4. The molecule has 1 aliphatic heterocycles. The van der Waals surface area contributed by atoms with Gasteiger partial charge in [0.05, 0.1) is 16.7 Å². The van der Waals surface area contributed by atoms with E-state index in [2.05, 4.69) is 15.1 Å². The van der Waals surface area contributed by atoms with Crippen molar-refractivity contribution in [2.24, 2.45) is 5.92 Å². The van der Waals surface area contributed by atoms with Crippen LogP contribution in [-0.4, -0.2) is 33.0 Å². The Morgan fingerprint density at radius 3 is 2.67 bits per heavy atom. The summed E-state index contributed by atoms with van der Waals surface area (Å²) in [6, 6.07) is 11.1. The molecular formula is C22H20F2N4O2. The average Bonchev–Trinajstić information content (AvgIpc) is 3.32. The Bertz CT molecular complexity index is 1230. The van der Waals surface area contributed by atoms with Gasteiger partial charge < -0.3 is 9.72 Å². The zero-order valence-corrected chi connectivity index (χ0v) is 16.1. The molecular weight excluding hydrogens is 390 g/mol. The first-order valence-corrected chi connectivity index (χ1v) is 9.92. The Morgan fingerprint density at radius 2 is 1.90 bits per heavy atom. The van der Waals surface area contributed by atoms with Gasteiger partial charge in [-0.2, -0.15) is 4.68 Å². The van der Waals surface area contributed by atoms with Crippen LogP contribution in [0.3, 0.4) is 0 Å². The zero-order chi connectivity index (χ0) is 20.7. The van der Waals surface area contributed by atoms with Crippen LogP contribution >= 0.6 is 0 Å². The fraction of sp³-hybridized carbons (Fsp3) is 0.273. The van der Waals surface area contributed by atoms with Crippen LogP contribution < -0.4 is 5.56 Å². The van der Waals surface area contributed by atoms with Crippen molar-refractivity contribution >= 4 is 11.0 Å². The molecule has 3 heterocycles. The van der Waals surface area contributed by atoms with Crippen molar-refractivity contribution in [2.75, 3.05) is 13.2 Å². The fourth-order valence-electron chi connectivity index (χ4n) is 3.99. The molecule has 0 aliphatic carbocycles. The normalized spacial score (nSPS) is 15.1. The average molecular weight is 410 g/mol. The van der Waals surface area contributed by atoms with E-state index in [-0.39, 0.29) is 11.5 Å². The number of halogens is 2. The lowest BCUT2D eigenvalue weighted by molar-refractivity contribution is 0.0665. The SMILES string of the molecule is O=c1c(CC2CCOCC2)c(-c2ccc(F)c(F)c2)[nH]n1-c1nc2ccccc2[nH]1. The lowest BCUT2D eigenvalue weighted by Gasteiger charge is -2.21. The zero-order valence-electron chi connectivity index (χ0n) is 16.1. The van der Waals surface area contributed by atoms with Gasteiger partial charge in [0.25, 0.3) is 5.56 Å². The maximum absolute atomic E-state index is 13.9. The summed E-state index contributed by atoms with van der Waals surface area (Å²) in [6.07, 6.45) is 2.24. The van der Waals surface area contributed by atoms with Crippen LogP contribution in [0.15, 0.2) is 47.3 Å². The van der Waals surface area contributed by atoms with Gasteiger partial charge in [-0.3, -0.25) is 9.89 Å². The van der Waals surface area contributed by atoms with Gasteiger partial charge in [0.2, 0.25) is 5.95 Å². The number of nitrogens with zero attached hydrogens (tertiary/aromatic N) is 2. The number of benzene rings is 2. The molecule has 0 unspecified atom stereocenters. The Morgan fingerprint density at radius 1 is 1.10 bits per heavy atom. The van der Waals surface area contributed by atoms with E-state index in [0.717, 1.165) is 36.0 Å². The topological polar surface area (TPSA) is 75.7 Å². The van der Waals surface area contributed by atoms with Gasteiger partial charge in [-0.05, 0) is 55.5 Å². The Kier molecular flexibility index (Phi) is 4.71. The molecule has 5 rings (SSSR count). The summed E-state index contributed by atoms with van der Waals surface area (Å²) in [4.78, 5) is 21.0. The van der Waals surface area contributed by atoms with E-state index in [0.29, 0.717) is 42.4 Å². The van der Waals surface area contributed by atoms with Crippen molar-refractivity contribution in [1.82, 2.24) is 19.7 Å². The molecule has 4 aromatic rings. The third-order valence-corrected chi connectivity index (χ3v) is 5.62. The van der Waals surface area contributed by atoms with Gasteiger partial charge in [0.1, 0.15) is 0 Å². The van der Waals surface area contributed by atoms with Crippen LogP contribution in [0.1, 0.15) is 18.4 Å². The molecule has 1 fully saturated rings. The minimum absolute atomic E-state index is 0.250. The molecule has 0 saturated carbocycles. The van der Waals surface area contributed by atoms with Crippen LogP contribution in [0.25, 0.3) is 28.2 Å². The Hall–Kier alpha value is -3.26. The summed E-state index contributed by atoms with van der Waals surface area (Å²) >= 11 is 0. The van der Waals surface area contributed by atoms with E-state index in [9.17, 15) is 13.6 Å². The number of hydrogen-bond donors (Lipinski definition) is 2. The first-order chi connectivity index (χ1) is 14.6. The highest BCUT2D eigenvalue weighted by atomic mass is 19.2. The molecule has 6 nitrogen and oxygen atoms in total. The third-order valence-electron chi connectivity index (χ3n) is 5.62. The predicted octanol–water partition coefficient (Wildman–Crippen LogP) is 3.96. The van der Waals surface area contributed by atoms with E-state index in [1.54, 1.807) is 0 Å². The minimum Gasteiger partial charge on any atom is -0.381 e. The van der Waals surface area contributed by atoms with Crippen LogP contribution in [0.2, 0.25) is 0 Å². The molecule has 2 aromatic heterocycles. The van der Waals surface area contributed by atoms with Crippen molar-refractivity contribution in [3.05, 3.63) is 70.0 Å². The van der Waals surface area contributed by atoms with Crippen molar-refractivity contribution in [2.45, 2.75) is 19.3 Å². The van der Waals surface area contributed by atoms with Crippen molar-refractivity contribution in [3.8, 4) is 17.2 Å². The number of hydrogen-bond acceptors (Lipinski definition) is 3.